The molecule has 142 valence electrons. The van der Waals surface area contributed by atoms with Crippen molar-refractivity contribution in [3.8, 4) is 0 Å². The number of nitrogens with zero attached hydrogens (tertiary/aromatic N) is 5. The van der Waals surface area contributed by atoms with Gasteiger partial charge in [-0.25, -0.2) is 8.42 Å². The zero-order valence-electron chi connectivity index (χ0n) is 15.5. The monoisotopic (exact) mass is 369 g/mol. The maximum absolute atomic E-state index is 11.4. The highest BCUT2D eigenvalue weighted by Crippen LogP contribution is 2.26. The lowest BCUT2D eigenvalue weighted by molar-refractivity contribution is 0.208. The molecule has 2 aliphatic rings. The van der Waals surface area contributed by atoms with Gasteiger partial charge in [0.2, 0.25) is 0 Å². The Morgan fingerprint density at radius 3 is 2.48 bits per heavy atom. The summed E-state index contributed by atoms with van der Waals surface area (Å²) < 4.78 is 25.0. The third-order valence-electron chi connectivity index (χ3n) is 5.46. The molecule has 1 atom stereocenters. The molecular weight excluding hydrogens is 338 g/mol. The van der Waals surface area contributed by atoms with Crippen LogP contribution in [0.1, 0.15) is 49.7 Å². The van der Waals surface area contributed by atoms with Crippen LogP contribution in [0.2, 0.25) is 0 Å². The molecule has 0 aliphatic carbocycles. The molecule has 2 aliphatic heterocycles. The summed E-state index contributed by atoms with van der Waals surface area (Å²) in [5, 5.41) is 8.94. The molecule has 0 aromatic carbocycles. The zero-order chi connectivity index (χ0) is 17.9. The summed E-state index contributed by atoms with van der Waals surface area (Å²) in [4.78, 5) is 4.73. The zero-order valence-corrected chi connectivity index (χ0v) is 16.3. The van der Waals surface area contributed by atoms with Crippen LogP contribution >= 0.6 is 0 Å². The molecule has 25 heavy (non-hydrogen) atoms. The number of hydrogen-bond donors (Lipinski definition) is 0. The standard InChI is InChI=1S/C17H31N5O2S/c1-20-16(14-21-8-4-3-5-9-21)18-19-17(20)15-7-6-10-22(13-15)11-12-25(2,23)24/h15H,3-14H2,1-2H3/t15-/m0/s1. The SMILES string of the molecule is Cn1c(CN2CCCCC2)nnc1[C@H]1CCCN(CCS(C)(=O)=O)C1. The first kappa shape index (κ1) is 18.8. The van der Waals surface area contributed by atoms with Crippen LogP contribution in [0.4, 0.5) is 0 Å². The van der Waals surface area contributed by atoms with Gasteiger partial charge in [0.1, 0.15) is 21.5 Å². The molecule has 1 aromatic heterocycles. The minimum atomic E-state index is -2.91. The number of likely N-dealkylation sites (tertiary alicyclic amines) is 2. The molecule has 3 rings (SSSR count). The quantitative estimate of drug-likeness (QED) is 0.746. The molecule has 0 N–H and O–H groups in total. The molecule has 0 unspecified atom stereocenters. The van der Waals surface area contributed by atoms with E-state index in [9.17, 15) is 8.42 Å². The first-order chi connectivity index (χ1) is 11.9. The third kappa shape index (κ3) is 5.24. The minimum absolute atomic E-state index is 0.235. The Morgan fingerprint density at radius 2 is 1.76 bits per heavy atom. The number of rotatable bonds is 6. The summed E-state index contributed by atoms with van der Waals surface area (Å²) in [5.74, 6) is 2.68. The second kappa shape index (κ2) is 8.14. The van der Waals surface area contributed by atoms with Crippen molar-refractivity contribution < 1.29 is 8.42 Å². The number of aromatic nitrogens is 3. The van der Waals surface area contributed by atoms with E-state index in [4.69, 9.17) is 0 Å². The molecule has 2 saturated heterocycles. The predicted molar refractivity (Wildman–Crippen MR) is 98.3 cm³/mol. The fraction of sp³-hybridized carbons (Fsp3) is 0.882. The fourth-order valence-electron chi connectivity index (χ4n) is 3.95. The smallest absolute Gasteiger partial charge is 0.148 e. The highest BCUT2D eigenvalue weighted by molar-refractivity contribution is 7.90. The van der Waals surface area contributed by atoms with Gasteiger partial charge in [0.25, 0.3) is 0 Å². The number of piperidine rings is 2. The predicted octanol–water partition coefficient (Wildman–Crippen LogP) is 1.03. The first-order valence-electron chi connectivity index (χ1n) is 9.43. The summed E-state index contributed by atoms with van der Waals surface area (Å²) in [6.07, 6.45) is 7.40. The van der Waals surface area contributed by atoms with Gasteiger partial charge >= 0.3 is 0 Å². The van der Waals surface area contributed by atoms with Crippen LogP contribution < -0.4 is 0 Å². The lowest BCUT2D eigenvalue weighted by Crippen LogP contribution is -2.38. The third-order valence-corrected chi connectivity index (χ3v) is 6.39. The van der Waals surface area contributed by atoms with Gasteiger partial charge in [-0.1, -0.05) is 6.42 Å². The van der Waals surface area contributed by atoms with Gasteiger partial charge in [-0.2, -0.15) is 0 Å². The van der Waals surface area contributed by atoms with Gasteiger partial charge < -0.3 is 9.47 Å². The van der Waals surface area contributed by atoms with E-state index in [2.05, 4.69) is 31.6 Å². The van der Waals surface area contributed by atoms with Crippen molar-refractivity contribution in [2.75, 3.05) is 44.7 Å². The molecule has 0 amide bonds. The fourth-order valence-corrected chi connectivity index (χ4v) is 4.54. The molecule has 7 nitrogen and oxygen atoms in total. The molecule has 3 heterocycles. The van der Waals surface area contributed by atoms with E-state index < -0.39 is 9.84 Å². The van der Waals surface area contributed by atoms with Crippen LogP contribution in [0, 0.1) is 0 Å². The van der Waals surface area contributed by atoms with E-state index >= 15 is 0 Å². The summed E-state index contributed by atoms with van der Waals surface area (Å²) in [6, 6.07) is 0. The van der Waals surface area contributed by atoms with E-state index in [0.717, 1.165) is 57.2 Å². The van der Waals surface area contributed by atoms with Gasteiger partial charge in [-0.05, 0) is 45.3 Å². The van der Waals surface area contributed by atoms with Crippen LogP contribution in [0.3, 0.4) is 0 Å². The van der Waals surface area contributed by atoms with Crippen molar-refractivity contribution >= 4 is 9.84 Å². The highest BCUT2D eigenvalue weighted by atomic mass is 32.2. The Hall–Kier alpha value is -0.990. The summed E-state index contributed by atoms with van der Waals surface area (Å²) in [7, 11) is -0.833. The number of sulfone groups is 1. The van der Waals surface area contributed by atoms with Crippen LogP contribution in [0.15, 0.2) is 0 Å². The van der Waals surface area contributed by atoms with Crippen LogP contribution in [0.25, 0.3) is 0 Å². The molecule has 0 saturated carbocycles. The van der Waals surface area contributed by atoms with Crippen LogP contribution in [-0.2, 0) is 23.4 Å². The molecule has 0 spiro atoms. The lowest BCUT2D eigenvalue weighted by atomic mass is 9.97. The highest BCUT2D eigenvalue weighted by Gasteiger charge is 2.26. The maximum atomic E-state index is 11.4. The van der Waals surface area contributed by atoms with Gasteiger partial charge in [-0.15, -0.1) is 10.2 Å². The van der Waals surface area contributed by atoms with Crippen LogP contribution in [0.5, 0.6) is 0 Å². The first-order valence-corrected chi connectivity index (χ1v) is 11.5. The van der Waals surface area contributed by atoms with E-state index in [1.54, 1.807) is 0 Å². The summed E-state index contributed by atoms with van der Waals surface area (Å²) in [5.41, 5.74) is 0. The topological polar surface area (TPSA) is 71.3 Å². The van der Waals surface area contributed by atoms with Gasteiger partial charge in [0, 0.05) is 32.3 Å². The van der Waals surface area contributed by atoms with Crippen molar-refractivity contribution in [1.82, 2.24) is 24.6 Å². The largest absolute Gasteiger partial charge is 0.317 e. The van der Waals surface area contributed by atoms with E-state index in [1.165, 1.54) is 25.5 Å². The molecular formula is C17H31N5O2S. The average Bonchev–Trinajstić information content (AvgIpc) is 2.94. The number of hydrogen-bond acceptors (Lipinski definition) is 6. The summed E-state index contributed by atoms with van der Waals surface area (Å²) >= 11 is 0. The van der Waals surface area contributed by atoms with Crippen LogP contribution in [-0.4, -0.2) is 77.7 Å². The maximum Gasteiger partial charge on any atom is 0.148 e. The molecule has 1 aromatic rings. The minimum Gasteiger partial charge on any atom is -0.317 e. The van der Waals surface area contributed by atoms with Crippen molar-refractivity contribution in [2.24, 2.45) is 7.05 Å². The second-order valence-electron chi connectivity index (χ2n) is 7.64. The van der Waals surface area contributed by atoms with Gasteiger partial charge in [0.05, 0.1) is 12.3 Å². The molecule has 0 radical (unpaired) electrons. The van der Waals surface area contributed by atoms with Gasteiger partial charge in [0.15, 0.2) is 0 Å². The van der Waals surface area contributed by atoms with Crippen molar-refractivity contribution in [3.63, 3.8) is 0 Å². The summed E-state index contributed by atoms with van der Waals surface area (Å²) in [6.45, 7) is 5.67. The Bertz CT molecular complexity index is 667. The van der Waals surface area contributed by atoms with E-state index in [0.29, 0.717) is 12.5 Å². The normalized spacial score (nSPS) is 23.8. The average molecular weight is 370 g/mol. The van der Waals surface area contributed by atoms with Crippen molar-refractivity contribution in [3.05, 3.63) is 11.6 Å². The Morgan fingerprint density at radius 1 is 1.04 bits per heavy atom. The van der Waals surface area contributed by atoms with E-state index in [-0.39, 0.29) is 5.75 Å². The Labute approximate surface area is 151 Å². The van der Waals surface area contributed by atoms with Crippen molar-refractivity contribution in [1.29, 1.82) is 0 Å². The van der Waals surface area contributed by atoms with E-state index in [1.807, 2.05) is 0 Å². The molecule has 8 heteroatoms. The molecule has 2 fully saturated rings. The Kier molecular flexibility index (Phi) is 6.12. The Balaban J connectivity index is 1.61. The second-order valence-corrected chi connectivity index (χ2v) is 9.90. The van der Waals surface area contributed by atoms with Crippen molar-refractivity contribution in [2.45, 2.75) is 44.6 Å². The van der Waals surface area contributed by atoms with Gasteiger partial charge in [-0.3, -0.25) is 4.90 Å². The molecule has 0 bridgehead atoms. The lowest BCUT2D eigenvalue weighted by Gasteiger charge is -2.32.